The molecule has 0 saturated carbocycles. The summed E-state index contributed by atoms with van der Waals surface area (Å²) in [6.45, 7) is 0.166. The number of hydrogen-bond acceptors (Lipinski definition) is 4. The van der Waals surface area contributed by atoms with Crippen molar-refractivity contribution in [3.05, 3.63) is 114 Å². The number of benzene rings is 3. The van der Waals surface area contributed by atoms with Crippen LogP contribution in [-0.2, 0) is 13.0 Å². The van der Waals surface area contributed by atoms with E-state index < -0.39 is 11.9 Å². The molecule has 4 aromatic rings. The summed E-state index contributed by atoms with van der Waals surface area (Å²) in [5, 5.41) is 17.6. The summed E-state index contributed by atoms with van der Waals surface area (Å²) in [7, 11) is 0. The van der Waals surface area contributed by atoms with Gasteiger partial charge >= 0.3 is 0 Å². The fourth-order valence-electron chi connectivity index (χ4n) is 3.74. The summed E-state index contributed by atoms with van der Waals surface area (Å²) in [4.78, 5) is 29.5. The molecule has 1 atom stereocenters. The highest BCUT2D eigenvalue weighted by Gasteiger charge is 2.16. The second kappa shape index (κ2) is 10.5. The van der Waals surface area contributed by atoms with Crippen LogP contribution < -0.4 is 10.6 Å². The van der Waals surface area contributed by atoms with Crippen molar-refractivity contribution in [2.75, 3.05) is 6.61 Å². The maximum atomic E-state index is 12.7. The summed E-state index contributed by atoms with van der Waals surface area (Å²) in [6, 6.07) is 26.2. The third-order valence-electron chi connectivity index (χ3n) is 5.45. The van der Waals surface area contributed by atoms with E-state index in [1.54, 1.807) is 6.07 Å². The van der Waals surface area contributed by atoms with Gasteiger partial charge in [0, 0.05) is 18.3 Å². The number of aromatic nitrogens is 1. The first-order chi connectivity index (χ1) is 16.1. The number of amides is 2. The number of nitrogens with zero attached hydrogens (tertiary/aromatic N) is 1. The van der Waals surface area contributed by atoms with Gasteiger partial charge in [-0.1, -0.05) is 72.8 Å². The third-order valence-corrected chi connectivity index (χ3v) is 5.45. The van der Waals surface area contributed by atoms with Crippen LogP contribution in [0.1, 0.15) is 32.0 Å². The van der Waals surface area contributed by atoms with Crippen LogP contribution in [0.15, 0.2) is 91.1 Å². The predicted octanol–water partition coefficient (Wildman–Crippen LogP) is 3.50. The van der Waals surface area contributed by atoms with E-state index in [2.05, 4.69) is 15.6 Å². The molecule has 166 valence electrons. The molecule has 3 aromatic carbocycles. The number of nitrogens with one attached hydrogen (secondary N) is 2. The molecule has 0 spiro atoms. The van der Waals surface area contributed by atoms with Gasteiger partial charge in [-0.2, -0.15) is 0 Å². The van der Waals surface area contributed by atoms with Crippen LogP contribution in [0.4, 0.5) is 0 Å². The van der Waals surface area contributed by atoms with Crippen molar-refractivity contribution >= 4 is 22.6 Å². The number of aliphatic hydroxyl groups is 1. The van der Waals surface area contributed by atoms with Crippen LogP contribution in [-0.4, -0.2) is 34.6 Å². The van der Waals surface area contributed by atoms with Crippen molar-refractivity contribution in [3.8, 4) is 0 Å². The minimum atomic E-state index is -0.453. The van der Waals surface area contributed by atoms with Crippen LogP contribution in [0, 0.1) is 0 Å². The lowest BCUT2D eigenvalue weighted by molar-refractivity contribution is 0.0911. The summed E-state index contributed by atoms with van der Waals surface area (Å²) in [6.07, 6.45) is 1.93. The summed E-state index contributed by atoms with van der Waals surface area (Å²) < 4.78 is 0. The average Bonchev–Trinajstić information content (AvgIpc) is 2.87. The Bertz CT molecular complexity index is 1250. The minimum absolute atomic E-state index is 0.124. The molecule has 0 aliphatic heterocycles. The van der Waals surface area contributed by atoms with Crippen molar-refractivity contribution in [2.24, 2.45) is 0 Å². The van der Waals surface area contributed by atoms with E-state index in [1.165, 1.54) is 12.3 Å². The Kier molecular flexibility index (Phi) is 7.07. The normalized spacial score (nSPS) is 11.7. The van der Waals surface area contributed by atoms with Crippen LogP contribution in [0.3, 0.4) is 0 Å². The average molecular weight is 440 g/mol. The molecule has 0 radical (unpaired) electrons. The Morgan fingerprint density at radius 1 is 0.879 bits per heavy atom. The molecule has 0 unspecified atom stereocenters. The van der Waals surface area contributed by atoms with Crippen molar-refractivity contribution in [1.29, 1.82) is 0 Å². The van der Waals surface area contributed by atoms with E-state index in [1.807, 2.05) is 72.8 Å². The maximum absolute atomic E-state index is 12.7. The first-order valence-corrected chi connectivity index (χ1v) is 10.8. The Balaban J connectivity index is 1.41. The Morgan fingerprint density at radius 2 is 1.64 bits per heavy atom. The zero-order chi connectivity index (χ0) is 23.0. The highest BCUT2D eigenvalue weighted by molar-refractivity contribution is 5.98. The molecule has 6 nitrogen and oxygen atoms in total. The first kappa shape index (κ1) is 22.2. The van der Waals surface area contributed by atoms with Crippen molar-refractivity contribution in [2.45, 2.75) is 19.0 Å². The Morgan fingerprint density at radius 3 is 2.45 bits per heavy atom. The summed E-state index contributed by atoms with van der Waals surface area (Å²) in [5.41, 5.74) is 2.49. The second-order valence-electron chi connectivity index (χ2n) is 7.79. The van der Waals surface area contributed by atoms with Crippen LogP contribution in [0.5, 0.6) is 0 Å². The van der Waals surface area contributed by atoms with Gasteiger partial charge < -0.3 is 15.7 Å². The van der Waals surface area contributed by atoms with Gasteiger partial charge in [0.1, 0.15) is 5.69 Å². The summed E-state index contributed by atoms with van der Waals surface area (Å²) in [5.74, 6) is -0.726. The lowest BCUT2D eigenvalue weighted by Crippen LogP contribution is -2.39. The number of pyridine rings is 1. The van der Waals surface area contributed by atoms with Crippen molar-refractivity contribution in [1.82, 2.24) is 15.6 Å². The van der Waals surface area contributed by atoms with E-state index in [0.717, 1.165) is 21.9 Å². The topological polar surface area (TPSA) is 91.3 Å². The van der Waals surface area contributed by atoms with Crippen molar-refractivity contribution in [3.63, 3.8) is 0 Å². The third kappa shape index (κ3) is 5.61. The first-order valence-electron chi connectivity index (χ1n) is 10.8. The number of carbonyl (C=O) groups is 2. The largest absolute Gasteiger partial charge is 0.394 e. The molecule has 0 fully saturated rings. The van der Waals surface area contributed by atoms with Gasteiger partial charge in [0.25, 0.3) is 11.8 Å². The predicted molar refractivity (Wildman–Crippen MR) is 128 cm³/mol. The van der Waals surface area contributed by atoms with Crippen LogP contribution >= 0.6 is 0 Å². The van der Waals surface area contributed by atoms with E-state index >= 15 is 0 Å². The van der Waals surface area contributed by atoms with E-state index in [4.69, 9.17) is 0 Å². The highest BCUT2D eigenvalue weighted by atomic mass is 16.3. The summed E-state index contributed by atoms with van der Waals surface area (Å²) >= 11 is 0. The van der Waals surface area contributed by atoms with Gasteiger partial charge in [0.15, 0.2) is 0 Å². The monoisotopic (exact) mass is 439 g/mol. The van der Waals surface area contributed by atoms with Gasteiger partial charge in [-0.25, -0.2) is 0 Å². The lowest BCUT2D eigenvalue weighted by atomic mass is 10.0. The fraction of sp³-hybridized carbons (Fsp3) is 0.148. The van der Waals surface area contributed by atoms with Crippen LogP contribution in [0.25, 0.3) is 10.8 Å². The highest BCUT2D eigenvalue weighted by Crippen LogP contribution is 2.18. The zero-order valence-corrected chi connectivity index (χ0v) is 18.1. The molecule has 0 bridgehead atoms. The minimum Gasteiger partial charge on any atom is -0.394 e. The van der Waals surface area contributed by atoms with Gasteiger partial charge in [0.2, 0.25) is 0 Å². The molecule has 6 heteroatoms. The van der Waals surface area contributed by atoms with E-state index in [0.29, 0.717) is 18.5 Å². The standard InChI is InChI=1S/C27H25N3O3/c31-18-23(15-19-7-2-1-3-8-19)30-27(33)25-16-21(13-14-28-25)26(32)29-17-22-11-6-10-20-9-4-5-12-24(20)22/h1-14,16,23,31H,15,17-18H2,(H,29,32)(H,30,33)/t23-/m0/s1. The fourth-order valence-corrected chi connectivity index (χ4v) is 3.74. The van der Waals surface area contributed by atoms with Gasteiger partial charge in [0.05, 0.1) is 12.6 Å². The molecular formula is C27H25N3O3. The maximum Gasteiger partial charge on any atom is 0.270 e. The SMILES string of the molecule is O=C(NCc1cccc2ccccc12)c1ccnc(C(=O)N[C@H](CO)Cc2ccccc2)c1. The molecule has 1 heterocycles. The smallest absolute Gasteiger partial charge is 0.270 e. The quantitative estimate of drug-likeness (QED) is 0.392. The molecule has 0 saturated heterocycles. The number of rotatable bonds is 8. The molecule has 3 N–H and O–H groups in total. The second-order valence-corrected chi connectivity index (χ2v) is 7.79. The van der Waals surface area contributed by atoms with E-state index in [-0.39, 0.29) is 18.2 Å². The number of fused-ring (bicyclic) bond motifs is 1. The van der Waals surface area contributed by atoms with Crippen molar-refractivity contribution < 1.29 is 14.7 Å². The molecule has 33 heavy (non-hydrogen) atoms. The molecule has 0 aliphatic carbocycles. The Hall–Kier alpha value is -4.03. The number of carbonyl (C=O) groups excluding carboxylic acids is 2. The molecule has 1 aromatic heterocycles. The van der Waals surface area contributed by atoms with Gasteiger partial charge in [-0.05, 0) is 40.5 Å². The van der Waals surface area contributed by atoms with Crippen LogP contribution in [0.2, 0.25) is 0 Å². The number of hydrogen-bond donors (Lipinski definition) is 3. The number of aliphatic hydroxyl groups excluding tert-OH is 1. The molecule has 4 rings (SSSR count). The lowest BCUT2D eigenvalue weighted by Gasteiger charge is -2.16. The molecular weight excluding hydrogens is 414 g/mol. The van der Waals surface area contributed by atoms with Gasteiger partial charge in [-0.15, -0.1) is 0 Å². The Labute approximate surface area is 192 Å². The van der Waals surface area contributed by atoms with E-state index in [9.17, 15) is 14.7 Å². The van der Waals surface area contributed by atoms with Gasteiger partial charge in [-0.3, -0.25) is 14.6 Å². The molecule has 2 amide bonds. The molecule has 0 aliphatic rings. The zero-order valence-electron chi connectivity index (χ0n) is 18.1.